The number of hydrogen-bond donors (Lipinski definition) is 2. The van der Waals surface area contributed by atoms with Crippen LogP contribution in [0, 0.1) is 5.92 Å². The van der Waals surface area contributed by atoms with Crippen LogP contribution in [0.3, 0.4) is 0 Å². The van der Waals surface area contributed by atoms with E-state index in [0.29, 0.717) is 23.8 Å². The van der Waals surface area contributed by atoms with Gasteiger partial charge in [0.25, 0.3) is 0 Å². The first kappa shape index (κ1) is 18.1. The molecule has 0 bridgehead atoms. The van der Waals surface area contributed by atoms with Gasteiger partial charge in [0.1, 0.15) is 0 Å². The molecule has 5 heteroatoms. The molecule has 1 aromatic carbocycles. The Balaban J connectivity index is 3.13. The smallest absolute Gasteiger partial charge is 0.241 e. The van der Waals surface area contributed by atoms with E-state index in [4.69, 9.17) is 0 Å². The summed E-state index contributed by atoms with van der Waals surface area (Å²) in [5, 5.41) is 3.05. The van der Waals surface area contributed by atoms with Crippen LogP contribution >= 0.6 is 0 Å². The summed E-state index contributed by atoms with van der Waals surface area (Å²) < 4.78 is 28.2. The molecule has 0 aliphatic heterocycles. The first-order chi connectivity index (χ1) is 9.85. The van der Waals surface area contributed by atoms with Gasteiger partial charge in [-0.3, -0.25) is 0 Å². The molecule has 0 fully saturated rings. The molecule has 0 aliphatic carbocycles. The van der Waals surface area contributed by atoms with Gasteiger partial charge < -0.3 is 5.32 Å². The molecule has 4 nitrogen and oxygen atoms in total. The van der Waals surface area contributed by atoms with Crippen LogP contribution < -0.4 is 10.0 Å². The summed E-state index contributed by atoms with van der Waals surface area (Å²) in [4.78, 5) is 0.410. The Morgan fingerprint density at radius 2 is 1.86 bits per heavy atom. The van der Waals surface area contributed by atoms with Crippen molar-refractivity contribution < 1.29 is 8.42 Å². The lowest BCUT2D eigenvalue weighted by molar-refractivity contribution is 0.434. The highest BCUT2D eigenvalue weighted by molar-refractivity contribution is 7.89. The number of hydrogen-bond acceptors (Lipinski definition) is 3. The maximum Gasteiger partial charge on any atom is 0.241 e. The predicted octanol–water partition coefficient (Wildman–Crippen LogP) is 2.68. The van der Waals surface area contributed by atoms with Crippen LogP contribution in [0.4, 0.5) is 0 Å². The normalized spacial score (nSPS) is 14.9. The number of sulfonamides is 1. The molecule has 1 rings (SSSR count). The van der Waals surface area contributed by atoms with Crippen molar-refractivity contribution in [2.45, 2.75) is 58.0 Å². The molecule has 2 unspecified atom stereocenters. The van der Waals surface area contributed by atoms with Gasteiger partial charge in [-0.15, -0.1) is 0 Å². The number of rotatable bonds is 8. The molecule has 2 N–H and O–H groups in total. The molecule has 0 radical (unpaired) electrons. The van der Waals surface area contributed by atoms with Gasteiger partial charge in [-0.05, 0) is 43.5 Å². The Morgan fingerprint density at radius 1 is 1.19 bits per heavy atom. The van der Waals surface area contributed by atoms with E-state index in [2.05, 4.69) is 23.9 Å². The summed E-state index contributed by atoms with van der Waals surface area (Å²) in [5.41, 5.74) is 1.84. The second-order valence-electron chi connectivity index (χ2n) is 5.62. The van der Waals surface area contributed by atoms with Crippen molar-refractivity contribution in [2.75, 3.05) is 7.05 Å². The van der Waals surface area contributed by atoms with Gasteiger partial charge in [0.2, 0.25) is 10.0 Å². The van der Waals surface area contributed by atoms with E-state index >= 15 is 0 Å². The zero-order chi connectivity index (χ0) is 16.0. The van der Waals surface area contributed by atoms with Gasteiger partial charge in [0.15, 0.2) is 0 Å². The summed E-state index contributed by atoms with van der Waals surface area (Å²) >= 11 is 0. The fraction of sp³-hybridized carbons (Fsp3) is 0.625. The number of aryl methyl sites for hydroxylation is 1. The topological polar surface area (TPSA) is 58.2 Å². The highest BCUT2D eigenvalue weighted by Gasteiger charge is 2.22. The number of nitrogens with one attached hydrogen (secondary N) is 2. The Hall–Kier alpha value is -0.910. The summed E-state index contributed by atoms with van der Waals surface area (Å²) in [6.45, 7) is 8.69. The lowest BCUT2D eigenvalue weighted by atomic mass is 10.0. The highest BCUT2D eigenvalue weighted by Crippen LogP contribution is 2.20. The maximum absolute atomic E-state index is 12.7. The van der Waals surface area contributed by atoms with E-state index in [1.165, 1.54) is 0 Å². The molecular weight excluding hydrogens is 284 g/mol. The molecule has 0 aromatic heterocycles. The van der Waals surface area contributed by atoms with Crippen LogP contribution in [0.25, 0.3) is 0 Å². The predicted molar refractivity (Wildman–Crippen MR) is 87.8 cm³/mol. The van der Waals surface area contributed by atoms with E-state index in [1.807, 2.05) is 33.0 Å². The molecule has 0 aliphatic rings. The van der Waals surface area contributed by atoms with E-state index in [-0.39, 0.29) is 6.04 Å². The monoisotopic (exact) mass is 312 g/mol. The standard InChI is InChI=1S/C16H28N2O2S/c1-6-12(3)13(4)18-21(19,20)16-10-14(11-17-5)8-9-15(16)7-2/h8-10,12-13,17-18H,6-7,11H2,1-5H3. The fourth-order valence-corrected chi connectivity index (χ4v) is 3.95. The summed E-state index contributed by atoms with van der Waals surface area (Å²) in [5.74, 6) is 0.311. The molecule has 2 atom stereocenters. The molecule has 0 saturated carbocycles. The minimum absolute atomic E-state index is 0.0716. The molecule has 0 heterocycles. The van der Waals surface area contributed by atoms with E-state index in [1.54, 1.807) is 6.07 Å². The van der Waals surface area contributed by atoms with Crippen molar-refractivity contribution in [2.24, 2.45) is 5.92 Å². The maximum atomic E-state index is 12.7. The SMILES string of the molecule is CCc1ccc(CNC)cc1S(=O)(=O)NC(C)C(C)CC. The zero-order valence-electron chi connectivity index (χ0n) is 13.7. The highest BCUT2D eigenvalue weighted by atomic mass is 32.2. The van der Waals surface area contributed by atoms with Crippen LogP contribution in [-0.4, -0.2) is 21.5 Å². The van der Waals surface area contributed by atoms with Crippen molar-refractivity contribution in [3.63, 3.8) is 0 Å². The summed E-state index contributed by atoms with van der Waals surface area (Å²) in [7, 11) is -1.62. The third-order valence-corrected chi connectivity index (χ3v) is 5.66. The summed E-state index contributed by atoms with van der Waals surface area (Å²) in [6, 6.07) is 5.60. The first-order valence-electron chi connectivity index (χ1n) is 7.64. The molecule has 0 saturated heterocycles. The average Bonchev–Trinajstić information content (AvgIpc) is 2.46. The van der Waals surface area contributed by atoms with Crippen molar-refractivity contribution in [1.82, 2.24) is 10.0 Å². The molecule has 120 valence electrons. The summed E-state index contributed by atoms with van der Waals surface area (Å²) in [6.07, 6.45) is 1.65. The van der Waals surface area contributed by atoms with Gasteiger partial charge in [-0.1, -0.05) is 39.3 Å². The van der Waals surface area contributed by atoms with E-state index < -0.39 is 10.0 Å². The Labute approximate surface area is 129 Å². The lowest BCUT2D eigenvalue weighted by Gasteiger charge is -2.21. The quantitative estimate of drug-likeness (QED) is 0.776. The van der Waals surface area contributed by atoms with E-state index in [0.717, 1.165) is 17.5 Å². The van der Waals surface area contributed by atoms with E-state index in [9.17, 15) is 8.42 Å². The van der Waals surface area contributed by atoms with Gasteiger partial charge in [-0.2, -0.15) is 0 Å². The average molecular weight is 312 g/mol. The molecule has 21 heavy (non-hydrogen) atoms. The van der Waals surface area contributed by atoms with Crippen molar-refractivity contribution >= 4 is 10.0 Å². The van der Waals surface area contributed by atoms with Crippen LogP contribution in [0.2, 0.25) is 0 Å². The molecule has 0 amide bonds. The molecular formula is C16H28N2O2S. The van der Waals surface area contributed by atoms with Gasteiger partial charge in [-0.25, -0.2) is 13.1 Å². The van der Waals surface area contributed by atoms with Crippen LogP contribution in [0.5, 0.6) is 0 Å². The van der Waals surface area contributed by atoms with Crippen molar-refractivity contribution in [3.8, 4) is 0 Å². The lowest BCUT2D eigenvalue weighted by Crippen LogP contribution is -2.37. The number of benzene rings is 1. The largest absolute Gasteiger partial charge is 0.316 e. The van der Waals surface area contributed by atoms with Crippen LogP contribution in [-0.2, 0) is 23.0 Å². The first-order valence-corrected chi connectivity index (χ1v) is 9.12. The van der Waals surface area contributed by atoms with Crippen LogP contribution in [0.1, 0.15) is 45.2 Å². The Bertz CT molecular complexity index is 555. The third kappa shape index (κ3) is 4.80. The molecule has 0 spiro atoms. The second kappa shape index (κ2) is 7.92. The van der Waals surface area contributed by atoms with Gasteiger partial charge in [0, 0.05) is 12.6 Å². The fourth-order valence-electron chi connectivity index (χ4n) is 2.23. The van der Waals surface area contributed by atoms with Gasteiger partial charge in [0.05, 0.1) is 4.90 Å². The third-order valence-electron chi connectivity index (χ3n) is 4.02. The minimum atomic E-state index is -3.48. The van der Waals surface area contributed by atoms with Gasteiger partial charge >= 0.3 is 0 Å². The van der Waals surface area contributed by atoms with Crippen molar-refractivity contribution in [1.29, 1.82) is 0 Å². The minimum Gasteiger partial charge on any atom is -0.316 e. The molecule has 1 aromatic rings. The van der Waals surface area contributed by atoms with Crippen LogP contribution in [0.15, 0.2) is 23.1 Å². The Morgan fingerprint density at radius 3 is 2.38 bits per heavy atom. The van der Waals surface area contributed by atoms with Crippen molar-refractivity contribution in [3.05, 3.63) is 29.3 Å². The zero-order valence-corrected chi connectivity index (χ0v) is 14.5. The second-order valence-corrected chi connectivity index (χ2v) is 7.30. The Kier molecular flexibility index (Phi) is 6.84.